The first-order valence-corrected chi connectivity index (χ1v) is 10.3. The summed E-state index contributed by atoms with van der Waals surface area (Å²) in [7, 11) is 1.71. The summed E-state index contributed by atoms with van der Waals surface area (Å²) >= 11 is 0. The maximum Gasteiger partial charge on any atom is 0.191 e. The number of ether oxygens (including phenoxy) is 3. The molecule has 3 N–H and O–H groups in total. The Morgan fingerprint density at radius 3 is 2.75 bits per heavy atom. The van der Waals surface area contributed by atoms with Crippen molar-refractivity contribution in [1.29, 1.82) is 0 Å². The van der Waals surface area contributed by atoms with E-state index in [4.69, 9.17) is 14.2 Å². The van der Waals surface area contributed by atoms with Crippen LogP contribution in [0.15, 0.2) is 29.3 Å². The summed E-state index contributed by atoms with van der Waals surface area (Å²) in [6, 6.07) is 8.35. The van der Waals surface area contributed by atoms with Crippen LogP contribution in [0.3, 0.4) is 0 Å². The summed E-state index contributed by atoms with van der Waals surface area (Å²) < 4.78 is 16.1. The fourth-order valence-electron chi connectivity index (χ4n) is 2.88. The quantitative estimate of drug-likeness (QED) is 0.272. The Kier molecular flexibility index (Phi) is 11.4. The van der Waals surface area contributed by atoms with Crippen molar-refractivity contribution in [2.24, 2.45) is 10.9 Å². The largest absolute Gasteiger partial charge is 0.383 e. The Morgan fingerprint density at radius 2 is 2.04 bits per heavy atom. The maximum atomic E-state index is 5.74. The first-order valence-electron chi connectivity index (χ1n) is 10.3. The predicted octanol–water partition coefficient (Wildman–Crippen LogP) is 2.24. The molecule has 1 aliphatic heterocycles. The lowest BCUT2D eigenvalue weighted by Crippen LogP contribution is -2.38. The number of aliphatic imine (C=N–C) groups is 1. The Balaban J connectivity index is 1.64. The highest BCUT2D eigenvalue weighted by atomic mass is 16.5. The number of methoxy groups -OCH3 is 1. The van der Waals surface area contributed by atoms with Gasteiger partial charge in [0.2, 0.25) is 0 Å². The highest BCUT2D eigenvalue weighted by molar-refractivity contribution is 5.79. The van der Waals surface area contributed by atoms with Gasteiger partial charge in [-0.05, 0) is 37.5 Å². The lowest BCUT2D eigenvalue weighted by Gasteiger charge is -2.12. The number of guanidine groups is 1. The fourth-order valence-corrected chi connectivity index (χ4v) is 2.88. The van der Waals surface area contributed by atoms with Crippen LogP contribution < -0.4 is 16.0 Å². The summed E-state index contributed by atoms with van der Waals surface area (Å²) in [5.74, 6) is 1.42. The lowest BCUT2D eigenvalue weighted by molar-refractivity contribution is 0.0888. The van der Waals surface area contributed by atoms with E-state index in [0.29, 0.717) is 19.1 Å². The van der Waals surface area contributed by atoms with Crippen LogP contribution in [0.2, 0.25) is 0 Å². The van der Waals surface area contributed by atoms with E-state index in [1.807, 2.05) is 0 Å². The van der Waals surface area contributed by atoms with Gasteiger partial charge in [0.05, 0.1) is 26.4 Å². The van der Waals surface area contributed by atoms with E-state index >= 15 is 0 Å². The zero-order valence-electron chi connectivity index (χ0n) is 17.3. The van der Waals surface area contributed by atoms with Gasteiger partial charge in [-0.15, -0.1) is 0 Å². The van der Waals surface area contributed by atoms with Crippen LogP contribution in [0.1, 0.15) is 25.3 Å². The van der Waals surface area contributed by atoms with E-state index in [2.05, 4.69) is 52.1 Å². The van der Waals surface area contributed by atoms with Gasteiger partial charge in [-0.1, -0.05) is 12.1 Å². The molecule has 1 fully saturated rings. The molecule has 2 rings (SSSR count). The third-order valence-electron chi connectivity index (χ3n) is 4.49. The molecule has 28 heavy (non-hydrogen) atoms. The SMILES string of the molecule is CCNC(=NCc1ccc(NCCOC)cc1)NCCCOCC1CCOC1. The number of benzene rings is 1. The van der Waals surface area contributed by atoms with Gasteiger partial charge < -0.3 is 30.2 Å². The number of hydrogen-bond acceptors (Lipinski definition) is 5. The molecule has 1 unspecified atom stereocenters. The molecule has 1 heterocycles. The van der Waals surface area contributed by atoms with Crippen molar-refractivity contribution in [2.45, 2.75) is 26.3 Å². The van der Waals surface area contributed by atoms with Crippen LogP contribution in [0, 0.1) is 5.92 Å². The van der Waals surface area contributed by atoms with Gasteiger partial charge in [0, 0.05) is 51.6 Å². The number of nitrogens with one attached hydrogen (secondary N) is 3. The number of nitrogens with zero attached hydrogens (tertiary/aromatic N) is 1. The average Bonchev–Trinajstić information content (AvgIpc) is 3.23. The maximum absolute atomic E-state index is 5.74. The number of hydrogen-bond donors (Lipinski definition) is 3. The Labute approximate surface area is 169 Å². The smallest absolute Gasteiger partial charge is 0.191 e. The van der Waals surface area contributed by atoms with E-state index in [9.17, 15) is 0 Å². The van der Waals surface area contributed by atoms with Crippen molar-refractivity contribution >= 4 is 11.6 Å². The second-order valence-corrected chi connectivity index (χ2v) is 6.90. The molecule has 1 aromatic carbocycles. The van der Waals surface area contributed by atoms with Crippen molar-refractivity contribution in [3.63, 3.8) is 0 Å². The normalized spacial score (nSPS) is 16.9. The van der Waals surface area contributed by atoms with Gasteiger partial charge in [-0.25, -0.2) is 4.99 Å². The lowest BCUT2D eigenvalue weighted by atomic mass is 10.1. The van der Waals surface area contributed by atoms with Gasteiger partial charge in [-0.2, -0.15) is 0 Å². The first kappa shape index (κ1) is 22.5. The van der Waals surface area contributed by atoms with Crippen LogP contribution in [0.4, 0.5) is 5.69 Å². The molecule has 7 nitrogen and oxygen atoms in total. The summed E-state index contributed by atoms with van der Waals surface area (Å²) in [6.07, 6.45) is 2.08. The summed E-state index contributed by atoms with van der Waals surface area (Å²) in [5, 5.41) is 9.98. The molecule has 1 aromatic rings. The first-order chi connectivity index (χ1) is 13.8. The zero-order valence-corrected chi connectivity index (χ0v) is 17.3. The molecule has 0 aliphatic carbocycles. The Morgan fingerprint density at radius 1 is 1.18 bits per heavy atom. The van der Waals surface area contributed by atoms with Gasteiger partial charge in [0.1, 0.15) is 0 Å². The molecule has 1 atom stereocenters. The van der Waals surface area contributed by atoms with Crippen LogP contribution in [0.25, 0.3) is 0 Å². The molecule has 1 saturated heterocycles. The molecule has 1 aliphatic rings. The molecule has 158 valence electrons. The second kappa shape index (κ2) is 14.2. The minimum absolute atomic E-state index is 0.577. The third kappa shape index (κ3) is 9.39. The third-order valence-corrected chi connectivity index (χ3v) is 4.49. The molecule has 0 saturated carbocycles. The molecule has 0 bridgehead atoms. The zero-order chi connectivity index (χ0) is 19.9. The molecular weight excluding hydrogens is 356 g/mol. The van der Waals surface area contributed by atoms with Crippen LogP contribution in [-0.2, 0) is 20.8 Å². The highest BCUT2D eigenvalue weighted by Crippen LogP contribution is 2.12. The molecular formula is C21H36N4O3. The van der Waals surface area contributed by atoms with Crippen molar-refractivity contribution in [1.82, 2.24) is 10.6 Å². The topological polar surface area (TPSA) is 76.1 Å². The van der Waals surface area contributed by atoms with Crippen molar-refractivity contribution in [3.8, 4) is 0 Å². The van der Waals surface area contributed by atoms with Crippen molar-refractivity contribution in [3.05, 3.63) is 29.8 Å². The van der Waals surface area contributed by atoms with Crippen molar-refractivity contribution in [2.75, 3.05) is 65.1 Å². The second-order valence-electron chi connectivity index (χ2n) is 6.90. The van der Waals surface area contributed by atoms with Gasteiger partial charge in [0.15, 0.2) is 5.96 Å². The highest BCUT2D eigenvalue weighted by Gasteiger charge is 2.15. The van der Waals surface area contributed by atoms with E-state index in [1.54, 1.807) is 7.11 Å². The van der Waals surface area contributed by atoms with E-state index in [1.165, 1.54) is 5.56 Å². The molecule has 0 amide bonds. The van der Waals surface area contributed by atoms with Gasteiger partial charge in [0.25, 0.3) is 0 Å². The average molecular weight is 393 g/mol. The van der Waals surface area contributed by atoms with E-state index < -0.39 is 0 Å². The Bertz CT molecular complexity index is 545. The monoisotopic (exact) mass is 392 g/mol. The van der Waals surface area contributed by atoms with Gasteiger partial charge >= 0.3 is 0 Å². The number of rotatable bonds is 13. The van der Waals surface area contributed by atoms with E-state index in [-0.39, 0.29) is 0 Å². The fraction of sp³-hybridized carbons (Fsp3) is 0.667. The van der Waals surface area contributed by atoms with Crippen LogP contribution in [-0.4, -0.2) is 65.7 Å². The Hall–Kier alpha value is -1.83. The van der Waals surface area contributed by atoms with E-state index in [0.717, 1.165) is 70.6 Å². The van der Waals surface area contributed by atoms with Gasteiger partial charge in [-0.3, -0.25) is 0 Å². The molecule has 0 spiro atoms. The van der Waals surface area contributed by atoms with Crippen LogP contribution >= 0.6 is 0 Å². The molecule has 7 heteroatoms. The minimum Gasteiger partial charge on any atom is -0.383 e. The molecule has 0 aromatic heterocycles. The van der Waals surface area contributed by atoms with Crippen molar-refractivity contribution < 1.29 is 14.2 Å². The standard InChI is InChI=1S/C21H36N4O3/c1-3-22-21(24-10-4-12-27-16-19-9-13-28-17-19)25-15-18-5-7-20(8-6-18)23-11-14-26-2/h5-8,19,23H,3-4,9-17H2,1-2H3,(H2,22,24,25). The molecule has 0 radical (unpaired) electrons. The summed E-state index contributed by atoms with van der Waals surface area (Å²) in [6.45, 7) is 9.21. The van der Waals surface area contributed by atoms with Crippen LogP contribution in [0.5, 0.6) is 0 Å². The minimum atomic E-state index is 0.577. The number of anilines is 1. The summed E-state index contributed by atoms with van der Waals surface area (Å²) in [4.78, 5) is 4.67. The summed E-state index contributed by atoms with van der Waals surface area (Å²) in [5.41, 5.74) is 2.27. The predicted molar refractivity (Wildman–Crippen MR) is 114 cm³/mol.